The molecule has 1 heterocycles. The lowest BCUT2D eigenvalue weighted by Crippen LogP contribution is -2.55. The molecular formula is C13H25N3O2. The average molecular weight is 255 g/mol. The lowest BCUT2D eigenvalue weighted by atomic mass is 9.81. The second-order valence-corrected chi connectivity index (χ2v) is 5.12. The van der Waals surface area contributed by atoms with Crippen molar-refractivity contribution in [2.75, 3.05) is 20.1 Å². The molecule has 1 saturated heterocycles. The van der Waals surface area contributed by atoms with Gasteiger partial charge in [0, 0.05) is 20.1 Å². The topological polar surface area (TPSA) is 75.4 Å². The van der Waals surface area contributed by atoms with Crippen molar-refractivity contribution < 1.29 is 9.59 Å². The number of carbonyl (C=O) groups is 2. The summed E-state index contributed by atoms with van der Waals surface area (Å²) in [4.78, 5) is 25.9. The first-order valence-electron chi connectivity index (χ1n) is 6.76. The minimum Gasteiger partial charge on any atom is -0.344 e. The van der Waals surface area contributed by atoms with E-state index >= 15 is 0 Å². The Morgan fingerprint density at radius 3 is 2.61 bits per heavy atom. The Bertz CT molecular complexity index is 305. The van der Waals surface area contributed by atoms with Crippen molar-refractivity contribution in [3.8, 4) is 0 Å². The minimum atomic E-state index is -0.531. The highest BCUT2D eigenvalue weighted by Gasteiger charge is 2.37. The average Bonchev–Trinajstić information content (AvgIpc) is 2.38. The summed E-state index contributed by atoms with van der Waals surface area (Å²) < 4.78 is 0. The van der Waals surface area contributed by atoms with Crippen LogP contribution >= 0.6 is 0 Å². The molecule has 1 aliphatic heterocycles. The molecule has 0 saturated carbocycles. The van der Waals surface area contributed by atoms with Crippen LogP contribution in [0.3, 0.4) is 0 Å². The number of nitrogens with two attached hydrogens (primary N) is 1. The molecule has 0 bridgehead atoms. The van der Waals surface area contributed by atoms with Gasteiger partial charge in [0.25, 0.3) is 0 Å². The zero-order chi connectivity index (χ0) is 13.8. The van der Waals surface area contributed by atoms with Gasteiger partial charge in [-0.25, -0.2) is 0 Å². The number of piperidine rings is 1. The van der Waals surface area contributed by atoms with Crippen LogP contribution in [-0.2, 0) is 9.59 Å². The molecule has 0 aromatic rings. The number of amides is 2. The normalized spacial score (nSPS) is 21.0. The molecule has 1 rings (SSSR count). The summed E-state index contributed by atoms with van der Waals surface area (Å²) in [6.45, 7) is 5.02. The van der Waals surface area contributed by atoms with Crippen molar-refractivity contribution in [2.45, 2.75) is 45.6 Å². The SMILES string of the molecule is CCC(CC)(CN)C(=O)NC1CCCN(C)C1=O. The van der Waals surface area contributed by atoms with E-state index in [1.807, 2.05) is 13.8 Å². The van der Waals surface area contributed by atoms with Crippen molar-refractivity contribution in [1.29, 1.82) is 0 Å². The molecule has 3 N–H and O–H groups in total. The van der Waals surface area contributed by atoms with E-state index in [-0.39, 0.29) is 17.9 Å². The van der Waals surface area contributed by atoms with Gasteiger partial charge in [-0.1, -0.05) is 13.8 Å². The van der Waals surface area contributed by atoms with Crippen molar-refractivity contribution in [2.24, 2.45) is 11.1 Å². The number of likely N-dealkylation sites (N-methyl/N-ethyl adjacent to an activating group) is 1. The summed E-state index contributed by atoms with van der Waals surface area (Å²) in [5, 5.41) is 2.88. The Labute approximate surface area is 109 Å². The first-order chi connectivity index (χ1) is 8.50. The number of nitrogens with one attached hydrogen (secondary N) is 1. The van der Waals surface area contributed by atoms with Gasteiger partial charge >= 0.3 is 0 Å². The smallest absolute Gasteiger partial charge is 0.244 e. The fraction of sp³-hybridized carbons (Fsp3) is 0.846. The lowest BCUT2D eigenvalue weighted by Gasteiger charge is -2.34. The largest absolute Gasteiger partial charge is 0.344 e. The highest BCUT2D eigenvalue weighted by Crippen LogP contribution is 2.25. The van der Waals surface area contributed by atoms with E-state index in [0.717, 1.165) is 19.4 Å². The van der Waals surface area contributed by atoms with Gasteiger partial charge in [0.15, 0.2) is 0 Å². The Balaban J connectivity index is 2.71. The van der Waals surface area contributed by atoms with Gasteiger partial charge in [-0.2, -0.15) is 0 Å². The number of carbonyl (C=O) groups excluding carboxylic acids is 2. The fourth-order valence-corrected chi connectivity index (χ4v) is 2.43. The molecule has 1 atom stereocenters. The maximum absolute atomic E-state index is 12.3. The van der Waals surface area contributed by atoms with Gasteiger partial charge in [0.05, 0.1) is 5.41 Å². The van der Waals surface area contributed by atoms with Crippen LogP contribution < -0.4 is 11.1 Å². The zero-order valence-electron chi connectivity index (χ0n) is 11.7. The van der Waals surface area contributed by atoms with Crippen molar-refractivity contribution in [3.63, 3.8) is 0 Å². The monoisotopic (exact) mass is 255 g/mol. The highest BCUT2D eigenvalue weighted by atomic mass is 16.2. The highest BCUT2D eigenvalue weighted by molar-refractivity contribution is 5.90. The molecule has 2 amide bonds. The van der Waals surface area contributed by atoms with Gasteiger partial charge in [-0.3, -0.25) is 9.59 Å². The van der Waals surface area contributed by atoms with Crippen molar-refractivity contribution >= 4 is 11.8 Å². The molecule has 0 aromatic carbocycles. The van der Waals surface area contributed by atoms with E-state index in [1.54, 1.807) is 11.9 Å². The summed E-state index contributed by atoms with van der Waals surface area (Å²) in [6, 6.07) is -0.375. The van der Waals surface area contributed by atoms with Crippen LogP contribution in [0, 0.1) is 5.41 Å². The lowest BCUT2D eigenvalue weighted by molar-refractivity contribution is -0.140. The molecule has 0 spiro atoms. The molecule has 0 aliphatic carbocycles. The summed E-state index contributed by atoms with van der Waals surface area (Å²) in [7, 11) is 1.77. The second kappa shape index (κ2) is 6.18. The van der Waals surface area contributed by atoms with Crippen molar-refractivity contribution in [3.05, 3.63) is 0 Å². The van der Waals surface area contributed by atoms with Gasteiger partial charge in [-0.05, 0) is 25.7 Å². The molecule has 0 radical (unpaired) electrons. The molecule has 5 heteroatoms. The third-order valence-corrected chi connectivity index (χ3v) is 4.19. The Hall–Kier alpha value is -1.10. The predicted octanol–water partition coefficient (Wildman–Crippen LogP) is 0.489. The van der Waals surface area contributed by atoms with Gasteiger partial charge in [0.2, 0.25) is 11.8 Å². The number of nitrogens with zero attached hydrogens (tertiary/aromatic N) is 1. The second-order valence-electron chi connectivity index (χ2n) is 5.12. The van der Waals surface area contributed by atoms with Crippen LogP contribution in [0.2, 0.25) is 0 Å². The first kappa shape index (κ1) is 15.0. The van der Waals surface area contributed by atoms with E-state index < -0.39 is 5.41 Å². The quantitative estimate of drug-likeness (QED) is 0.750. The molecule has 18 heavy (non-hydrogen) atoms. The van der Waals surface area contributed by atoms with Gasteiger partial charge < -0.3 is 16.0 Å². The maximum Gasteiger partial charge on any atom is 0.244 e. The summed E-state index contributed by atoms with van der Waals surface area (Å²) >= 11 is 0. The third-order valence-electron chi connectivity index (χ3n) is 4.19. The minimum absolute atomic E-state index is 0.00716. The zero-order valence-corrected chi connectivity index (χ0v) is 11.7. The standard InChI is InChI=1S/C13H25N3O2/c1-4-13(5-2,9-14)12(18)15-10-7-6-8-16(3)11(10)17/h10H,4-9,14H2,1-3H3,(H,15,18). The van der Waals surface area contributed by atoms with Crippen LogP contribution in [0.25, 0.3) is 0 Å². The Kier molecular flexibility index (Phi) is 5.14. The molecule has 1 fully saturated rings. The number of hydrogen-bond acceptors (Lipinski definition) is 3. The van der Waals surface area contributed by atoms with Crippen LogP contribution in [0.5, 0.6) is 0 Å². The van der Waals surface area contributed by atoms with Crippen molar-refractivity contribution in [1.82, 2.24) is 10.2 Å². The number of rotatable bonds is 5. The summed E-state index contributed by atoms with van der Waals surface area (Å²) in [6.07, 6.45) is 3.05. The Morgan fingerprint density at radius 1 is 1.50 bits per heavy atom. The molecule has 1 unspecified atom stereocenters. The molecule has 0 aromatic heterocycles. The van der Waals surface area contributed by atoms with E-state index in [9.17, 15) is 9.59 Å². The van der Waals surface area contributed by atoms with Crippen LogP contribution in [0.4, 0.5) is 0 Å². The van der Waals surface area contributed by atoms with Gasteiger partial charge in [0.1, 0.15) is 6.04 Å². The Morgan fingerprint density at radius 2 is 2.11 bits per heavy atom. The summed E-state index contributed by atoms with van der Waals surface area (Å²) in [5.41, 5.74) is 5.21. The molecule has 1 aliphatic rings. The van der Waals surface area contributed by atoms with Crippen LogP contribution in [0.1, 0.15) is 39.5 Å². The maximum atomic E-state index is 12.3. The van der Waals surface area contributed by atoms with E-state index in [4.69, 9.17) is 5.73 Å². The summed E-state index contributed by atoms with van der Waals surface area (Å²) in [5.74, 6) is -0.0728. The number of hydrogen-bond donors (Lipinski definition) is 2. The number of likely N-dealkylation sites (tertiary alicyclic amines) is 1. The van der Waals surface area contributed by atoms with Crippen LogP contribution in [0.15, 0.2) is 0 Å². The van der Waals surface area contributed by atoms with E-state index in [0.29, 0.717) is 19.4 Å². The molecule has 5 nitrogen and oxygen atoms in total. The fourth-order valence-electron chi connectivity index (χ4n) is 2.43. The molecule has 104 valence electrons. The van der Waals surface area contributed by atoms with E-state index in [1.165, 1.54) is 0 Å². The van der Waals surface area contributed by atoms with Crippen LogP contribution in [-0.4, -0.2) is 42.9 Å². The van der Waals surface area contributed by atoms with Gasteiger partial charge in [-0.15, -0.1) is 0 Å². The molecular weight excluding hydrogens is 230 g/mol. The first-order valence-corrected chi connectivity index (χ1v) is 6.76. The predicted molar refractivity (Wildman–Crippen MR) is 70.9 cm³/mol. The van der Waals surface area contributed by atoms with E-state index in [2.05, 4.69) is 5.32 Å². The third kappa shape index (κ3) is 2.83.